The maximum Gasteiger partial charge on any atom is 0.297 e. The Labute approximate surface area is 150 Å². The molecule has 1 amide bonds. The van der Waals surface area contributed by atoms with Crippen LogP contribution in [0.4, 0.5) is 0 Å². The molecule has 7 heteroatoms. The number of carbonyl (C=O) groups is 1. The highest BCUT2D eigenvalue weighted by Gasteiger charge is 2.24. The van der Waals surface area contributed by atoms with Gasteiger partial charge < -0.3 is 14.1 Å². The first-order chi connectivity index (χ1) is 12.7. The van der Waals surface area contributed by atoms with Crippen LogP contribution in [0.2, 0.25) is 0 Å². The zero-order valence-electron chi connectivity index (χ0n) is 14.7. The second-order valence-corrected chi connectivity index (χ2v) is 6.51. The van der Waals surface area contributed by atoms with Gasteiger partial charge in [-0.25, -0.2) is 4.98 Å². The summed E-state index contributed by atoms with van der Waals surface area (Å²) in [6.45, 7) is 3.81. The van der Waals surface area contributed by atoms with Crippen molar-refractivity contribution in [2.24, 2.45) is 0 Å². The monoisotopic (exact) mass is 355 g/mol. The summed E-state index contributed by atoms with van der Waals surface area (Å²) < 4.78 is 12.6. The number of amides is 1. The molecule has 2 aromatic heterocycles. The Morgan fingerprint density at radius 3 is 3.08 bits per heavy atom. The average molecular weight is 355 g/mol. The first kappa shape index (κ1) is 16.8. The predicted molar refractivity (Wildman–Crippen MR) is 97.0 cm³/mol. The number of hydrogen-bond donors (Lipinski definition) is 0. The topological polar surface area (TPSA) is 77.6 Å². The number of aromatic nitrogens is 2. The summed E-state index contributed by atoms with van der Waals surface area (Å²) in [6, 6.07) is 7.38. The third-order valence-electron chi connectivity index (χ3n) is 4.79. The van der Waals surface area contributed by atoms with E-state index < -0.39 is 0 Å². The summed E-state index contributed by atoms with van der Waals surface area (Å²) in [7, 11) is 0. The van der Waals surface area contributed by atoms with Gasteiger partial charge in [-0.2, -0.15) is 0 Å². The molecule has 1 atom stereocenters. The lowest BCUT2D eigenvalue weighted by Gasteiger charge is -2.32. The van der Waals surface area contributed by atoms with E-state index in [0.717, 1.165) is 18.2 Å². The van der Waals surface area contributed by atoms with Gasteiger partial charge >= 0.3 is 0 Å². The van der Waals surface area contributed by atoms with E-state index in [2.05, 4.69) is 4.98 Å². The molecule has 3 aromatic rings. The highest BCUT2D eigenvalue weighted by molar-refractivity contribution is 6.01. The van der Waals surface area contributed by atoms with Gasteiger partial charge in [-0.05, 0) is 31.9 Å². The second kappa shape index (κ2) is 6.92. The minimum Gasteiger partial charge on any atom is -0.448 e. The number of likely N-dealkylation sites (tertiary alicyclic amines) is 1. The van der Waals surface area contributed by atoms with Crippen LogP contribution in [0.1, 0.15) is 19.8 Å². The predicted octanol–water partition coefficient (Wildman–Crippen LogP) is 2.17. The number of fused-ring (bicyclic) bond motifs is 3. The van der Waals surface area contributed by atoms with Gasteiger partial charge in [0, 0.05) is 25.1 Å². The fraction of sp³-hybridized carbons (Fsp3) is 0.421. The third-order valence-corrected chi connectivity index (χ3v) is 4.79. The van der Waals surface area contributed by atoms with Gasteiger partial charge in [-0.3, -0.25) is 14.2 Å². The molecule has 1 unspecified atom stereocenters. The Balaban J connectivity index is 1.59. The lowest BCUT2D eigenvalue weighted by atomic mass is 10.1. The van der Waals surface area contributed by atoms with E-state index in [1.807, 2.05) is 25.1 Å². The van der Waals surface area contributed by atoms with E-state index in [0.29, 0.717) is 30.8 Å². The largest absolute Gasteiger partial charge is 0.448 e. The van der Waals surface area contributed by atoms with Crippen LogP contribution in [0.25, 0.3) is 22.1 Å². The lowest BCUT2D eigenvalue weighted by Crippen LogP contribution is -2.45. The van der Waals surface area contributed by atoms with Crippen molar-refractivity contribution in [2.45, 2.75) is 32.4 Å². The highest BCUT2D eigenvalue weighted by atomic mass is 16.5. The minimum absolute atomic E-state index is 0.0440. The van der Waals surface area contributed by atoms with E-state index in [-0.39, 0.29) is 29.7 Å². The standard InChI is InChI=1S/C19H21N3O4/c1-2-25-13-6-5-9-21(10-13)16(23)11-22-12-20-17-14-7-3-4-8-15(14)26-18(17)19(22)24/h3-4,7-8,12-13H,2,5-6,9-11H2,1H3. The number of benzene rings is 1. The molecule has 3 heterocycles. The number of para-hydroxylation sites is 1. The van der Waals surface area contributed by atoms with Crippen molar-refractivity contribution < 1.29 is 13.9 Å². The number of furan rings is 1. The Kier molecular flexibility index (Phi) is 4.46. The molecule has 1 aliphatic heterocycles. The van der Waals surface area contributed by atoms with Crippen LogP contribution in [0.3, 0.4) is 0 Å². The molecule has 1 aromatic carbocycles. The molecule has 1 fully saturated rings. The van der Waals surface area contributed by atoms with Crippen molar-refractivity contribution in [1.82, 2.24) is 14.5 Å². The highest BCUT2D eigenvalue weighted by Crippen LogP contribution is 2.24. The lowest BCUT2D eigenvalue weighted by molar-refractivity contribution is -0.135. The van der Waals surface area contributed by atoms with E-state index in [9.17, 15) is 9.59 Å². The summed E-state index contributed by atoms with van der Waals surface area (Å²) >= 11 is 0. The van der Waals surface area contributed by atoms with E-state index in [1.54, 1.807) is 11.0 Å². The Morgan fingerprint density at radius 2 is 2.23 bits per heavy atom. The molecule has 0 aliphatic carbocycles. The van der Waals surface area contributed by atoms with E-state index >= 15 is 0 Å². The van der Waals surface area contributed by atoms with Gasteiger partial charge in [0.1, 0.15) is 17.6 Å². The van der Waals surface area contributed by atoms with Crippen LogP contribution in [0.15, 0.2) is 39.8 Å². The molecule has 136 valence electrons. The van der Waals surface area contributed by atoms with Gasteiger partial charge in [0.25, 0.3) is 5.56 Å². The maximum atomic E-state index is 12.7. The zero-order chi connectivity index (χ0) is 18.1. The first-order valence-corrected chi connectivity index (χ1v) is 8.93. The Morgan fingerprint density at radius 1 is 1.38 bits per heavy atom. The van der Waals surface area contributed by atoms with Crippen molar-refractivity contribution in [3.63, 3.8) is 0 Å². The van der Waals surface area contributed by atoms with Gasteiger partial charge in [0.05, 0.1) is 12.4 Å². The first-order valence-electron chi connectivity index (χ1n) is 8.93. The molecule has 0 spiro atoms. The fourth-order valence-electron chi connectivity index (χ4n) is 3.51. The SMILES string of the molecule is CCOC1CCCN(C(=O)Cn2cnc3c(oc4ccccc43)c2=O)C1. The van der Waals surface area contributed by atoms with Gasteiger partial charge in [0.2, 0.25) is 11.5 Å². The quantitative estimate of drug-likeness (QED) is 0.717. The van der Waals surface area contributed by atoms with E-state index in [1.165, 1.54) is 10.9 Å². The number of nitrogens with zero attached hydrogens (tertiary/aromatic N) is 3. The van der Waals surface area contributed by atoms with Crippen LogP contribution in [-0.4, -0.2) is 46.2 Å². The van der Waals surface area contributed by atoms with Crippen LogP contribution >= 0.6 is 0 Å². The molecular weight excluding hydrogens is 334 g/mol. The number of piperidine rings is 1. The maximum absolute atomic E-state index is 12.7. The number of rotatable bonds is 4. The van der Waals surface area contributed by atoms with Crippen LogP contribution in [0, 0.1) is 0 Å². The van der Waals surface area contributed by atoms with E-state index in [4.69, 9.17) is 9.15 Å². The third kappa shape index (κ3) is 2.99. The fourth-order valence-corrected chi connectivity index (χ4v) is 3.51. The molecule has 0 N–H and O–H groups in total. The van der Waals surface area contributed by atoms with Crippen LogP contribution in [0.5, 0.6) is 0 Å². The van der Waals surface area contributed by atoms with Crippen molar-refractivity contribution in [1.29, 1.82) is 0 Å². The normalized spacial score (nSPS) is 17.9. The summed E-state index contributed by atoms with van der Waals surface area (Å²) in [4.78, 5) is 31.5. The zero-order valence-corrected chi connectivity index (χ0v) is 14.7. The summed E-state index contributed by atoms with van der Waals surface area (Å²) in [6.07, 6.45) is 3.37. The average Bonchev–Trinajstić information content (AvgIpc) is 3.04. The Bertz CT molecular complexity index is 1000. The number of ether oxygens (including phenoxy) is 1. The van der Waals surface area contributed by atoms with Crippen LogP contribution in [-0.2, 0) is 16.1 Å². The molecule has 1 aliphatic rings. The number of carbonyl (C=O) groups excluding carboxylic acids is 1. The number of hydrogen-bond acceptors (Lipinski definition) is 5. The van der Waals surface area contributed by atoms with Crippen molar-refractivity contribution in [3.8, 4) is 0 Å². The summed E-state index contributed by atoms with van der Waals surface area (Å²) in [5, 5.41) is 0.800. The second-order valence-electron chi connectivity index (χ2n) is 6.51. The summed E-state index contributed by atoms with van der Waals surface area (Å²) in [5.74, 6) is -0.103. The van der Waals surface area contributed by atoms with Crippen LogP contribution < -0.4 is 5.56 Å². The molecule has 1 saturated heterocycles. The van der Waals surface area contributed by atoms with Gasteiger partial charge in [0.15, 0.2) is 0 Å². The van der Waals surface area contributed by atoms with Crippen molar-refractivity contribution >= 4 is 28.0 Å². The van der Waals surface area contributed by atoms with Crippen molar-refractivity contribution in [3.05, 3.63) is 40.9 Å². The van der Waals surface area contributed by atoms with Gasteiger partial charge in [-0.1, -0.05) is 12.1 Å². The molecule has 0 saturated carbocycles. The van der Waals surface area contributed by atoms with Crippen molar-refractivity contribution in [2.75, 3.05) is 19.7 Å². The molecule has 7 nitrogen and oxygen atoms in total. The molecule has 4 rings (SSSR count). The van der Waals surface area contributed by atoms with Gasteiger partial charge in [-0.15, -0.1) is 0 Å². The summed E-state index contributed by atoms with van der Waals surface area (Å²) in [5.41, 5.74) is 1.00. The smallest absolute Gasteiger partial charge is 0.297 e. The Hall–Kier alpha value is -2.67. The minimum atomic E-state index is -0.335. The molecule has 26 heavy (non-hydrogen) atoms. The molecular formula is C19H21N3O4. The molecule has 0 radical (unpaired) electrons. The molecule has 0 bridgehead atoms.